The van der Waals surface area contributed by atoms with Gasteiger partial charge in [-0.3, -0.25) is 9.69 Å². The van der Waals surface area contributed by atoms with E-state index in [-0.39, 0.29) is 11.9 Å². The molecular weight excluding hydrogens is 330 g/mol. The topological polar surface area (TPSA) is 90.4 Å². The standard InChI is InChI=1S/C19H25N5O2/c1-2-20-19-21-11-15(12-22-19)18(26)23-16-6-8-24(9-7-16)13-14-4-3-5-17(25)10-14/h3-5,10-12,16,25H,2,6-9,13H2,1H3,(H,23,26)(H,20,21,22). The number of phenols is 1. The Morgan fingerprint density at radius 1 is 1.27 bits per heavy atom. The number of anilines is 1. The Balaban J connectivity index is 1.46. The van der Waals surface area contributed by atoms with E-state index in [2.05, 4.69) is 25.5 Å². The Labute approximate surface area is 153 Å². The van der Waals surface area contributed by atoms with Crippen LogP contribution in [0, 0.1) is 0 Å². The second kappa shape index (κ2) is 8.62. The van der Waals surface area contributed by atoms with Crippen LogP contribution in [0.1, 0.15) is 35.7 Å². The van der Waals surface area contributed by atoms with E-state index in [1.165, 1.54) is 0 Å². The predicted octanol–water partition coefficient (Wildman–Crippen LogP) is 2.01. The molecule has 26 heavy (non-hydrogen) atoms. The van der Waals surface area contributed by atoms with Crippen molar-refractivity contribution in [2.24, 2.45) is 0 Å². The molecule has 0 unspecified atom stereocenters. The number of carbonyl (C=O) groups is 1. The zero-order valence-corrected chi connectivity index (χ0v) is 15.0. The third kappa shape index (κ3) is 4.92. The van der Waals surface area contributed by atoms with Gasteiger partial charge in [-0.25, -0.2) is 9.97 Å². The number of likely N-dealkylation sites (tertiary alicyclic amines) is 1. The zero-order valence-electron chi connectivity index (χ0n) is 15.0. The Morgan fingerprint density at radius 3 is 2.65 bits per heavy atom. The molecule has 3 N–H and O–H groups in total. The molecule has 0 saturated carbocycles. The molecule has 7 nitrogen and oxygen atoms in total. The molecule has 1 fully saturated rings. The number of phenolic OH excluding ortho intramolecular Hbond substituents is 1. The van der Waals surface area contributed by atoms with Crippen LogP contribution >= 0.6 is 0 Å². The molecule has 1 aromatic heterocycles. The second-order valence-corrected chi connectivity index (χ2v) is 6.52. The number of rotatable bonds is 6. The molecule has 1 aromatic carbocycles. The van der Waals surface area contributed by atoms with Crippen molar-refractivity contribution in [1.82, 2.24) is 20.2 Å². The minimum Gasteiger partial charge on any atom is -0.508 e. The summed E-state index contributed by atoms with van der Waals surface area (Å²) in [6, 6.07) is 7.52. The van der Waals surface area contributed by atoms with Crippen molar-refractivity contribution in [3.63, 3.8) is 0 Å². The van der Waals surface area contributed by atoms with Crippen LogP contribution in [0.3, 0.4) is 0 Å². The molecule has 1 aliphatic heterocycles. The summed E-state index contributed by atoms with van der Waals surface area (Å²) in [5, 5.41) is 15.6. The highest BCUT2D eigenvalue weighted by Crippen LogP contribution is 2.17. The average Bonchev–Trinajstić information content (AvgIpc) is 2.64. The first kappa shape index (κ1) is 18.1. The normalized spacial score (nSPS) is 15.6. The maximum absolute atomic E-state index is 12.3. The highest BCUT2D eigenvalue weighted by molar-refractivity contribution is 5.93. The monoisotopic (exact) mass is 355 g/mol. The molecule has 3 rings (SSSR count). The first-order valence-electron chi connectivity index (χ1n) is 9.01. The molecule has 1 saturated heterocycles. The number of aromatic hydroxyl groups is 1. The summed E-state index contributed by atoms with van der Waals surface area (Å²) < 4.78 is 0. The lowest BCUT2D eigenvalue weighted by molar-refractivity contribution is 0.0908. The van der Waals surface area contributed by atoms with E-state index in [1.807, 2.05) is 19.1 Å². The van der Waals surface area contributed by atoms with Crippen molar-refractivity contribution in [1.29, 1.82) is 0 Å². The van der Waals surface area contributed by atoms with Crippen molar-refractivity contribution in [3.05, 3.63) is 47.8 Å². The van der Waals surface area contributed by atoms with E-state index < -0.39 is 0 Å². The first-order chi connectivity index (χ1) is 12.6. The summed E-state index contributed by atoms with van der Waals surface area (Å²) in [6.45, 7) is 5.35. The lowest BCUT2D eigenvalue weighted by Crippen LogP contribution is -2.44. The number of piperidine rings is 1. The van der Waals surface area contributed by atoms with Gasteiger partial charge in [0.15, 0.2) is 0 Å². The van der Waals surface area contributed by atoms with E-state index >= 15 is 0 Å². The van der Waals surface area contributed by atoms with Crippen LogP contribution in [0.2, 0.25) is 0 Å². The Hall–Kier alpha value is -2.67. The summed E-state index contributed by atoms with van der Waals surface area (Å²) in [5.74, 6) is 0.704. The van der Waals surface area contributed by atoms with Gasteiger partial charge < -0.3 is 15.7 Å². The number of aromatic nitrogens is 2. The van der Waals surface area contributed by atoms with Crippen molar-refractivity contribution in [3.8, 4) is 5.75 Å². The number of hydrogen-bond acceptors (Lipinski definition) is 6. The fourth-order valence-electron chi connectivity index (χ4n) is 3.11. The molecule has 0 radical (unpaired) electrons. The number of nitrogens with zero attached hydrogens (tertiary/aromatic N) is 3. The molecule has 0 bridgehead atoms. The number of carbonyl (C=O) groups excluding carboxylic acids is 1. The smallest absolute Gasteiger partial charge is 0.254 e. The SMILES string of the molecule is CCNc1ncc(C(=O)NC2CCN(Cc3cccc(O)c3)CC2)cn1. The second-order valence-electron chi connectivity index (χ2n) is 6.52. The average molecular weight is 355 g/mol. The minimum atomic E-state index is -0.125. The van der Waals surface area contributed by atoms with Crippen LogP contribution in [0.25, 0.3) is 0 Å². The van der Waals surface area contributed by atoms with Crippen molar-refractivity contribution in [2.75, 3.05) is 25.0 Å². The van der Waals surface area contributed by atoms with Gasteiger partial charge in [0.2, 0.25) is 5.95 Å². The van der Waals surface area contributed by atoms with Gasteiger partial charge in [-0.05, 0) is 37.5 Å². The molecule has 2 aromatic rings. The first-order valence-corrected chi connectivity index (χ1v) is 9.01. The van der Waals surface area contributed by atoms with E-state index in [1.54, 1.807) is 24.5 Å². The van der Waals surface area contributed by atoms with Crippen LogP contribution < -0.4 is 10.6 Å². The van der Waals surface area contributed by atoms with Gasteiger partial charge in [-0.15, -0.1) is 0 Å². The molecule has 2 heterocycles. The van der Waals surface area contributed by atoms with Gasteiger partial charge in [0.1, 0.15) is 5.75 Å². The number of nitrogens with one attached hydrogen (secondary N) is 2. The lowest BCUT2D eigenvalue weighted by Gasteiger charge is -2.32. The van der Waals surface area contributed by atoms with E-state index in [4.69, 9.17) is 0 Å². The lowest BCUT2D eigenvalue weighted by atomic mass is 10.0. The van der Waals surface area contributed by atoms with Crippen LogP contribution in [0.5, 0.6) is 5.75 Å². The van der Waals surface area contributed by atoms with Gasteiger partial charge in [-0.1, -0.05) is 12.1 Å². The molecular formula is C19H25N5O2. The van der Waals surface area contributed by atoms with E-state index in [0.717, 1.165) is 44.6 Å². The molecule has 0 atom stereocenters. The molecule has 1 amide bonds. The number of benzene rings is 1. The number of amides is 1. The van der Waals surface area contributed by atoms with Gasteiger partial charge in [0.05, 0.1) is 5.56 Å². The van der Waals surface area contributed by atoms with Gasteiger partial charge in [-0.2, -0.15) is 0 Å². The minimum absolute atomic E-state index is 0.125. The molecule has 0 spiro atoms. The van der Waals surface area contributed by atoms with Gasteiger partial charge in [0.25, 0.3) is 5.91 Å². The third-order valence-electron chi connectivity index (χ3n) is 4.49. The summed E-state index contributed by atoms with van der Waals surface area (Å²) in [5.41, 5.74) is 1.58. The predicted molar refractivity (Wildman–Crippen MR) is 100 cm³/mol. The van der Waals surface area contributed by atoms with Crippen molar-refractivity contribution < 1.29 is 9.90 Å². The maximum Gasteiger partial charge on any atom is 0.254 e. The molecule has 7 heteroatoms. The highest BCUT2D eigenvalue weighted by Gasteiger charge is 2.21. The van der Waals surface area contributed by atoms with Crippen molar-refractivity contribution in [2.45, 2.75) is 32.4 Å². The Kier molecular flexibility index (Phi) is 6.01. The zero-order chi connectivity index (χ0) is 18.4. The Morgan fingerprint density at radius 2 is 2.00 bits per heavy atom. The van der Waals surface area contributed by atoms with Gasteiger partial charge >= 0.3 is 0 Å². The van der Waals surface area contributed by atoms with Crippen molar-refractivity contribution >= 4 is 11.9 Å². The van der Waals surface area contributed by atoms with Crippen LogP contribution in [-0.2, 0) is 6.54 Å². The quantitative estimate of drug-likeness (QED) is 0.734. The summed E-state index contributed by atoms with van der Waals surface area (Å²) in [7, 11) is 0. The number of hydrogen-bond donors (Lipinski definition) is 3. The van der Waals surface area contributed by atoms with E-state index in [0.29, 0.717) is 17.3 Å². The molecule has 138 valence electrons. The summed E-state index contributed by atoms with van der Waals surface area (Å²) >= 11 is 0. The maximum atomic E-state index is 12.3. The summed E-state index contributed by atoms with van der Waals surface area (Å²) in [6.07, 6.45) is 4.91. The van der Waals surface area contributed by atoms with E-state index in [9.17, 15) is 9.90 Å². The van der Waals surface area contributed by atoms with Crippen LogP contribution in [-0.4, -0.2) is 51.6 Å². The largest absolute Gasteiger partial charge is 0.508 e. The fraction of sp³-hybridized carbons (Fsp3) is 0.421. The summed E-state index contributed by atoms with van der Waals surface area (Å²) in [4.78, 5) is 23.0. The third-order valence-corrected chi connectivity index (χ3v) is 4.49. The van der Waals surface area contributed by atoms with Crippen LogP contribution in [0.15, 0.2) is 36.7 Å². The van der Waals surface area contributed by atoms with Gasteiger partial charge in [0, 0.05) is 44.6 Å². The highest BCUT2D eigenvalue weighted by atomic mass is 16.3. The fourth-order valence-corrected chi connectivity index (χ4v) is 3.11. The molecule has 1 aliphatic rings. The Bertz CT molecular complexity index is 727. The molecule has 0 aliphatic carbocycles. The van der Waals surface area contributed by atoms with Crippen LogP contribution in [0.4, 0.5) is 5.95 Å².